The minimum Gasteiger partial charge on any atom is -0.497 e. The van der Waals surface area contributed by atoms with Crippen LogP contribution in [0.5, 0.6) is 11.5 Å². The van der Waals surface area contributed by atoms with Gasteiger partial charge in [0, 0.05) is 16.6 Å². The summed E-state index contributed by atoms with van der Waals surface area (Å²) in [5.41, 5.74) is 1.85. The molecule has 29 heavy (non-hydrogen) atoms. The first kappa shape index (κ1) is 20.9. The van der Waals surface area contributed by atoms with Crippen LogP contribution in [0, 0.1) is 6.92 Å². The number of amides is 1. The molecule has 1 amide bonds. The maximum absolute atomic E-state index is 12.5. The van der Waals surface area contributed by atoms with Crippen molar-refractivity contribution in [1.82, 2.24) is 15.0 Å². The third-order valence-electron chi connectivity index (χ3n) is 4.37. The van der Waals surface area contributed by atoms with E-state index in [0.29, 0.717) is 24.0 Å². The molecular weight excluding hydrogens is 438 g/mol. The topological polar surface area (TPSA) is 77.7 Å². The molecule has 3 aromatic rings. The largest absolute Gasteiger partial charge is 0.497 e. The molecule has 0 N–H and O–H groups in total. The van der Waals surface area contributed by atoms with Crippen LogP contribution in [-0.2, 0) is 11.3 Å². The fraction of sp³-hybridized carbons (Fsp3) is 0.286. The van der Waals surface area contributed by atoms with Gasteiger partial charge < -0.3 is 18.9 Å². The summed E-state index contributed by atoms with van der Waals surface area (Å²) in [5, 5.41) is 4.00. The number of likely N-dealkylation sites (N-methyl/N-ethyl adjacent to an activating group) is 1. The van der Waals surface area contributed by atoms with Crippen LogP contribution in [0.15, 0.2) is 51.5 Å². The second-order valence-electron chi connectivity index (χ2n) is 6.35. The molecule has 1 aromatic heterocycles. The average Bonchev–Trinajstić information content (AvgIpc) is 3.21. The highest BCUT2D eigenvalue weighted by atomic mass is 79.9. The van der Waals surface area contributed by atoms with Gasteiger partial charge in [-0.15, -0.1) is 0 Å². The fourth-order valence-corrected chi connectivity index (χ4v) is 2.91. The lowest BCUT2D eigenvalue weighted by Crippen LogP contribution is -2.34. The van der Waals surface area contributed by atoms with E-state index in [9.17, 15) is 4.79 Å². The third kappa shape index (κ3) is 5.35. The number of hydrogen-bond donors (Lipinski definition) is 0. The molecule has 0 aliphatic heterocycles. The van der Waals surface area contributed by atoms with E-state index >= 15 is 0 Å². The van der Waals surface area contributed by atoms with Crippen molar-refractivity contribution in [3.05, 3.63) is 58.4 Å². The van der Waals surface area contributed by atoms with E-state index in [0.717, 1.165) is 21.3 Å². The lowest BCUT2D eigenvalue weighted by molar-refractivity contribution is -0.134. The summed E-state index contributed by atoms with van der Waals surface area (Å²) in [7, 11) is 1.61. The monoisotopic (exact) mass is 459 g/mol. The second kappa shape index (κ2) is 9.56. The van der Waals surface area contributed by atoms with Gasteiger partial charge in [-0.2, -0.15) is 4.98 Å². The van der Waals surface area contributed by atoms with E-state index in [-0.39, 0.29) is 19.1 Å². The predicted octanol–water partition coefficient (Wildman–Crippen LogP) is 4.24. The number of halogens is 1. The molecule has 1 heterocycles. The van der Waals surface area contributed by atoms with Crippen LogP contribution in [0.2, 0.25) is 0 Å². The summed E-state index contributed by atoms with van der Waals surface area (Å²) >= 11 is 3.45. The van der Waals surface area contributed by atoms with Crippen molar-refractivity contribution in [1.29, 1.82) is 0 Å². The van der Waals surface area contributed by atoms with Gasteiger partial charge in [0.25, 0.3) is 5.91 Å². The maximum atomic E-state index is 12.5. The quantitative estimate of drug-likeness (QED) is 0.501. The Labute approximate surface area is 177 Å². The van der Waals surface area contributed by atoms with Crippen LogP contribution in [0.25, 0.3) is 11.4 Å². The first-order valence-electron chi connectivity index (χ1n) is 9.14. The number of benzene rings is 2. The van der Waals surface area contributed by atoms with Crippen molar-refractivity contribution in [3.8, 4) is 22.9 Å². The highest BCUT2D eigenvalue weighted by Crippen LogP contribution is 2.22. The average molecular weight is 460 g/mol. The normalized spacial score (nSPS) is 10.6. The van der Waals surface area contributed by atoms with Crippen molar-refractivity contribution in [2.75, 3.05) is 20.3 Å². The Bertz CT molecular complexity index is 972. The number of nitrogens with zero attached hydrogens (tertiary/aromatic N) is 3. The van der Waals surface area contributed by atoms with Gasteiger partial charge in [-0.25, -0.2) is 0 Å². The van der Waals surface area contributed by atoms with Crippen molar-refractivity contribution < 1.29 is 18.8 Å². The standard InChI is InChI=1S/C21H22BrN3O4/c1-4-25(20(26)13-28-17-9-10-18(22)14(2)11-17)12-19-23-21(24-29-19)15-5-7-16(27-3)8-6-15/h5-11H,4,12-13H2,1-3H3. The van der Waals surface area contributed by atoms with Gasteiger partial charge in [0.15, 0.2) is 6.61 Å². The zero-order valence-electron chi connectivity index (χ0n) is 16.5. The Morgan fingerprint density at radius 1 is 1.17 bits per heavy atom. The molecular formula is C21H22BrN3O4. The molecule has 0 saturated carbocycles. The summed E-state index contributed by atoms with van der Waals surface area (Å²) in [6, 6.07) is 13.0. The molecule has 0 fully saturated rings. The zero-order valence-corrected chi connectivity index (χ0v) is 18.1. The maximum Gasteiger partial charge on any atom is 0.260 e. The molecule has 2 aromatic carbocycles. The van der Waals surface area contributed by atoms with Crippen LogP contribution in [0.3, 0.4) is 0 Å². The van der Waals surface area contributed by atoms with Gasteiger partial charge in [-0.1, -0.05) is 21.1 Å². The van der Waals surface area contributed by atoms with Crippen LogP contribution >= 0.6 is 15.9 Å². The highest BCUT2D eigenvalue weighted by Gasteiger charge is 2.17. The van der Waals surface area contributed by atoms with Crippen LogP contribution < -0.4 is 9.47 Å². The molecule has 0 aliphatic carbocycles. The minimum atomic E-state index is -0.155. The summed E-state index contributed by atoms with van der Waals surface area (Å²) < 4.78 is 17.1. The Kier molecular flexibility index (Phi) is 6.87. The van der Waals surface area contributed by atoms with E-state index in [4.69, 9.17) is 14.0 Å². The van der Waals surface area contributed by atoms with E-state index in [2.05, 4.69) is 26.1 Å². The van der Waals surface area contributed by atoms with E-state index < -0.39 is 0 Å². The Morgan fingerprint density at radius 3 is 2.55 bits per heavy atom. The van der Waals surface area contributed by atoms with Gasteiger partial charge in [-0.3, -0.25) is 4.79 Å². The summed E-state index contributed by atoms with van der Waals surface area (Å²) in [6.07, 6.45) is 0. The molecule has 0 saturated heterocycles. The molecule has 0 radical (unpaired) electrons. The fourth-order valence-electron chi connectivity index (χ4n) is 2.66. The van der Waals surface area contributed by atoms with Crippen molar-refractivity contribution in [2.45, 2.75) is 20.4 Å². The highest BCUT2D eigenvalue weighted by molar-refractivity contribution is 9.10. The Hall–Kier alpha value is -2.87. The smallest absolute Gasteiger partial charge is 0.260 e. The lowest BCUT2D eigenvalue weighted by Gasteiger charge is -2.19. The molecule has 152 valence electrons. The number of carbonyl (C=O) groups is 1. The SMILES string of the molecule is CCN(Cc1nc(-c2ccc(OC)cc2)no1)C(=O)COc1ccc(Br)c(C)c1. The molecule has 0 spiro atoms. The van der Waals surface area contributed by atoms with Crippen LogP contribution in [0.1, 0.15) is 18.4 Å². The lowest BCUT2D eigenvalue weighted by atomic mass is 10.2. The van der Waals surface area contributed by atoms with Gasteiger partial charge in [0.05, 0.1) is 7.11 Å². The molecule has 3 rings (SSSR count). The third-order valence-corrected chi connectivity index (χ3v) is 5.26. The zero-order chi connectivity index (χ0) is 20.8. The number of rotatable bonds is 8. The van der Waals surface area contributed by atoms with Gasteiger partial charge in [-0.05, 0) is 61.9 Å². The molecule has 8 heteroatoms. The molecule has 0 unspecified atom stereocenters. The number of hydrogen-bond acceptors (Lipinski definition) is 6. The first-order chi connectivity index (χ1) is 14.0. The Morgan fingerprint density at radius 2 is 1.90 bits per heavy atom. The van der Waals surface area contributed by atoms with E-state index in [1.165, 1.54) is 0 Å². The summed E-state index contributed by atoms with van der Waals surface area (Å²) in [4.78, 5) is 18.5. The van der Waals surface area contributed by atoms with Crippen molar-refractivity contribution in [2.24, 2.45) is 0 Å². The minimum absolute atomic E-state index is 0.0611. The summed E-state index contributed by atoms with van der Waals surface area (Å²) in [6.45, 7) is 4.52. The second-order valence-corrected chi connectivity index (χ2v) is 7.20. The number of methoxy groups -OCH3 is 1. The van der Waals surface area contributed by atoms with Crippen molar-refractivity contribution >= 4 is 21.8 Å². The Balaban J connectivity index is 1.60. The first-order valence-corrected chi connectivity index (χ1v) is 9.93. The van der Waals surface area contributed by atoms with Gasteiger partial charge in [0.2, 0.25) is 11.7 Å². The van der Waals surface area contributed by atoms with Crippen molar-refractivity contribution in [3.63, 3.8) is 0 Å². The number of aromatic nitrogens is 2. The molecule has 0 atom stereocenters. The molecule has 0 bridgehead atoms. The molecule has 7 nitrogen and oxygen atoms in total. The van der Waals surface area contributed by atoms with Crippen LogP contribution in [0.4, 0.5) is 0 Å². The van der Waals surface area contributed by atoms with E-state index in [1.807, 2.05) is 56.3 Å². The summed E-state index contributed by atoms with van der Waals surface area (Å²) in [5.74, 6) is 2.08. The van der Waals surface area contributed by atoms with Gasteiger partial charge >= 0.3 is 0 Å². The van der Waals surface area contributed by atoms with Gasteiger partial charge in [0.1, 0.15) is 18.0 Å². The number of aryl methyl sites for hydroxylation is 1. The molecule has 0 aliphatic rings. The predicted molar refractivity (Wildman–Crippen MR) is 112 cm³/mol. The van der Waals surface area contributed by atoms with E-state index in [1.54, 1.807) is 12.0 Å². The number of carbonyl (C=O) groups excluding carboxylic acids is 1. The van der Waals surface area contributed by atoms with Crippen LogP contribution in [-0.4, -0.2) is 41.2 Å². The number of ether oxygens (including phenoxy) is 2.